The number of nitrogens with zero attached hydrogens (tertiary/aromatic N) is 3. The van der Waals surface area contributed by atoms with E-state index in [1.807, 2.05) is 37.3 Å². The molecule has 9 nitrogen and oxygen atoms in total. The molecule has 0 saturated carbocycles. The van der Waals surface area contributed by atoms with E-state index in [0.717, 1.165) is 22.3 Å². The Morgan fingerprint density at radius 3 is 2.49 bits per heavy atom. The molecular formula is C25H25N3O6S. The second kappa shape index (κ2) is 9.91. The molecule has 35 heavy (non-hydrogen) atoms. The topological polar surface area (TPSA) is 88.6 Å². The fraction of sp³-hybridized carbons (Fsp3) is 0.320. The largest absolute Gasteiger partial charge is 0.493 e. The van der Waals surface area contributed by atoms with Crippen LogP contribution < -0.4 is 19.1 Å². The molecule has 2 aromatic carbocycles. The summed E-state index contributed by atoms with van der Waals surface area (Å²) in [4.78, 5) is 43.7. The van der Waals surface area contributed by atoms with Crippen molar-refractivity contribution in [2.75, 3.05) is 51.0 Å². The normalized spacial score (nSPS) is 18.5. The first-order valence-electron chi connectivity index (χ1n) is 11.4. The Kier molecular flexibility index (Phi) is 6.54. The molecule has 2 fully saturated rings. The van der Waals surface area contributed by atoms with Crippen molar-refractivity contribution in [3.8, 4) is 17.2 Å². The van der Waals surface area contributed by atoms with E-state index >= 15 is 0 Å². The number of amides is 3. The highest BCUT2D eigenvalue weighted by Gasteiger charge is 2.38. The summed E-state index contributed by atoms with van der Waals surface area (Å²) in [7, 11) is 0. The van der Waals surface area contributed by atoms with Gasteiger partial charge in [0.2, 0.25) is 12.7 Å². The van der Waals surface area contributed by atoms with Gasteiger partial charge in [0.25, 0.3) is 11.1 Å². The molecule has 2 aromatic rings. The summed E-state index contributed by atoms with van der Waals surface area (Å²) in [6, 6.07) is 13.5. The first kappa shape index (κ1) is 23.1. The van der Waals surface area contributed by atoms with Gasteiger partial charge in [0.1, 0.15) is 12.3 Å². The van der Waals surface area contributed by atoms with Gasteiger partial charge in [0, 0.05) is 43.5 Å². The highest BCUT2D eigenvalue weighted by atomic mass is 32.2. The molecule has 10 heteroatoms. The van der Waals surface area contributed by atoms with Crippen LogP contribution >= 0.6 is 11.8 Å². The van der Waals surface area contributed by atoms with Crippen molar-refractivity contribution >= 4 is 40.6 Å². The quantitative estimate of drug-likeness (QED) is 0.565. The predicted octanol–water partition coefficient (Wildman–Crippen LogP) is 3.20. The van der Waals surface area contributed by atoms with Gasteiger partial charge in [-0.2, -0.15) is 0 Å². The number of carbonyl (C=O) groups excluding carboxylic acids is 3. The maximum atomic E-state index is 13.0. The number of piperazine rings is 1. The minimum atomic E-state index is -0.489. The third-order valence-corrected chi connectivity index (χ3v) is 6.92. The number of fused-ring (bicyclic) bond motifs is 1. The van der Waals surface area contributed by atoms with Crippen LogP contribution in [0.1, 0.15) is 12.5 Å². The van der Waals surface area contributed by atoms with Crippen LogP contribution in [0.2, 0.25) is 0 Å². The molecule has 3 aliphatic rings. The summed E-state index contributed by atoms with van der Waals surface area (Å²) in [5.41, 5.74) is 1.72. The van der Waals surface area contributed by atoms with E-state index < -0.39 is 11.1 Å². The summed E-state index contributed by atoms with van der Waals surface area (Å²) in [6.45, 7) is 4.59. The van der Waals surface area contributed by atoms with Crippen LogP contribution in [0, 0.1) is 0 Å². The third kappa shape index (κ3) is 4.79. The molecule has 182 valence electrons. The lowest BCUT2D eigenvalue weighted by atomic mass is 10.1. The average molecular weight is 496 g/mol. The van der Waals surface area contributed by atoms with Crippen molar-refractivity contribution in [2.45, 2.75) is 6.92 Å². The Hall–Kier alpha value is -3.66. The van der Waals surface area contributed by atoms with Crippen LogP contribution in [0.3, 0.4) is 0 Å². The molecule has 5 rings (SSSR count). The lowest BCUT2D eigenvalue weighted by molar-refractivity contribution is -0.136. The van der Waals surface area contributed by atoms with Gasteiger partial charge < -0.3 is 24.0 Å². The summed E-state index contributed by atoms with van der Waals surface area (Å²) >= 11 is 0.815. The second-order valence-corrected chi connectivity index (χ2v) is 9.14. The zero-order valence-electron chi connectivity index (χ0n) is 19.3. The monoisotopic (exact) mass is 495 g/mol. The smallest absolute Gasteiger partial charge is 0.294 e. The molecule has 0 spiro atoms. The van der Waals surface area contributed by atoms with E-state index in [1.54, 1.807) is 23.1 Å². The van der Waals surface area contributed by atoms with Gasteiger partial charge in [-0.05, 0) is 43.0 Å². The van der Waals surface area contributed by atoms with Crippen molar-refractivity contribution < 1.29 is 28.6 Å². The van der Waals surface area contributed by atoms with E-state index in [0.29, 0.717) is 55.6 Å². The summed E-state index contributed by atoms with van der Waals surface area (Å²) < 4.78 is 16.5. The first-order valence-corrected chi connectivity index (χ1v) is 12.2. The molecule has 3 amide bonds. The van der Waals surface area contributed by atoms with Gasteiger partial charge in [-0.25, -0.2) is 0 Å². The van der Waals surface area contributed by atoms with E-state index in [-0.39, 0.29) is 24.2 Å². The Labute approximate surface area is 207 Å². The Morgan fingerprint density at radius 1 is 1.06 bits per heavy atom. The van der Waals surface area contributed by atoms with E-state index in [2.05, 4.69) is 4.90 Å². The minimum absolute atomic E-state index is 0.114. The van der Waals surface area contributed by atoms with Crippen LogP contribution in [0.4, 0.5) is 10.5 Å². The third-order valence-electron chi connectivity index (χ3n) is 6.01. The van der Waals surface area contributed by atoms with Crippen LogP contribution in [0.25, 0.3) is 6.08 Å². The van der Waals surface area contributed by atoms with Gasteiger partial charge in [-0.15, -0.1) is 0 Å². The summed E-state index contributed by atoms with van der Waals surface area (Å²) in [5, 5.41) is -0.462. The number of carbonyl (C=O) groups is 3. The number of ether oxygens (including phenoxy) is 3. The fourth-order valence-electron chi connectivity index (χ4n) is 4.20. The number of benzene rings is 2. The fourth-order valence-corrected chi connectivity index (χ4v) is 5.03. The standard InChI is InChI=1S/C25H25N3O6S/c1-2-32-19-14-21-20(33-16-34-21)12-17(19)13-22-24(30)28(25(31)35-22)15-23(29)27-10-8-26(9-11-27)18-6-4-3-5-7-18/h3-7,12-14H,2,8-11,15-16H2,1H3/b22-13+. The highest BCUT2D eigenvalue weighted by molar-refractivity contribution is 8.18. The van der Waals surface area contributed by atoms with Gasteiger partial charge in [0.05, 0.1) is 11.5 Å². The Morgan fingerprint density at radius 2 is 1.77 bits per heavy atom. The summed E-state index contributed by atoms with van der Waals surface area (Å²) in [6.07, 6.45) is 1.60. The van der Waals surface area contributed by atoms with Crippen molar-refractivity contribution in [1.29, 1.82) is 0 Å². The molecule has 0 radical (unpaired) electrons. The lowest BCUT2D eigenvalue weighted by Gasteiger charge is -2.36. The molecule has 0 bridgehead atoms. The van der Waals surface area contributed by atoms with Crippen LogP contribution in [0.5, 0.6) is 17.2 Å². The van der Waals surface area contributed by atoms with Crippen molar-refractivity contribution in [3.63, 3.8) is 0 Å². The SMILES string of the molecule is CCOc1cc2c(cc1/C=C1/SC(=O)N(CC(=O)N3CCN(c4ccccc4)CC3)C1=O)OCO2. The zero-order chi connectivity index (χ0) is 24.4. The van der Waals surface area contributed by atoms with Crippen molar-refractivity contribution in [2.24, 2.45) is 0 Å². The van der Waals surface area contributed by atoms with Crippen molar-refractivity contribution in [1.82, 2.24) is 9.80 Å². The highest BCUT2D eigenvalue weighted by Crippen LogP contribution is 2.41. The van der Waals surface area contributed by atoms with Gasteiger partial charge in [-0.1, -0.05) is 18.2 Å². The van der Waals surface area contributed by atoms with Gasteiger partial charge >= 0.3 is 0 Å². The number of para-hydroxylation sites is 1. The molecule has 0 atom stereocenters. The predicted molar refractivity (Wildman–Crippen MR) is 132 cm³/mol. The van der Waals surface area contributed by atoms with Crippen LogP contribution in [-0.2, 0) is 9.59 Å². The Balaban J connectivity index is 1.25. The van der Waals surface area contributed by atoms with Gasteiger partial charge in [-0.3, -0.25) is 19.3 Å². The lowest BCUT2D eigenvalue weighted by Crippen LogP contribution is -2.51. The molecular weight excluding hydrogens is 470 g/mol. The molecule has 0 unspecified atom stereocenters. The minimum Gasteiger partial charge on any atom is -0.493 e. The number of rotatable bonds is 6. The van der Waals surface area contributed by atoms with Gasteiger partial charge in [0.15, 0.2) is 11.5 Å². The molecule has 3 aliphatic heterocycles. The number of imide groups is 1. The first-order chi connectivity index (χ1) is 17.0. The Bertz CT molecular complexity index is 1180. The number of thioether (sulfide) groups is 1. The average Bonchev–Trinajstić information content (AvgIpc) is 3.44. The number of hydrogen-bond acceptors (Lipinski definition) is 8. The van der Waals surface area contributed by atoms with Crippen molar-refractivity contribution in [3.05, 3.63) is 52.9 Å². The maximum Gasteiger partial charge on any atom is 0.294 e. The second-order valence-electron chi connectivity index (χ2n) is 8.15. The van der Waals surface area contributed by atoms with Crippen LogP contribution in [-0.4, -0.2) is 73.0 Å². The van der Waals surface area contributed by atoms with Crippen LogP contribution in [0.15, 0.2) is 47.4 Å². The number of hydrogen-bond donors (Lipinski definition) is 0. The van der Waals surface area contributed by atoms with E-state index in [9.17, 15) is 14.4 Å². The molecule has 0 N–H and O–H groups in total. The van der Waals surface area contributed by atoms with E-state index in [4.69, 9.17) is 14.2 Å². The molecule has 0 aliphatic carbocycles. The maximum absolute atomic E-state index is 13.0. The van der Waals surface area contributed by atoms with E-state index in [1.165, 1.54) is 0 Å². The molecule has 2 saturated heterocycles. The number of anilines is 1. The zero-order valence-corrected chi connectivity index (χ0v) is 20.1. The molecule has 3 heterocycles. The summed E-state index contributed by atoms with van der Waals surface area (Å²) in [5.74, 6) is 0.909. The molecule has 0 aromatic heterocycles.